The molecule has 0 amide bonds. The van der Waals surface area contributed by atoms with Crippen molar-refractivity contribution >= 4 is 0 Å². The monoisotopic (exact) mass is 204 g/mol. The first kappa shape index (κ1) is 10.3. The SMILES string of the molecule is COC1O[C@H](CO)[C@@H]2OC(C)(C)O[C@H]12. The lowest BCUT2D eigenvalue weighted by Crippen LogP contribution is -2.31. The van der Waals surface area contributed by atoms with Crippen LogP contribution >= 0.6 is 0 Å². The molecule has 0 saturated carbocycles. The third-order valence-electron chi connectivity index (χ3n) is 2.52. The van der Waals surface area contributed by atoms with Crippen molar-refractivity contribution in [3.63, 3.8) is 0 Å². The minimum Gasteiger partial charge on any atom is -0.394 e. The van der Waals surface area contributed by atoms with E-state index in [0.29, 0.717) is 0 Å². The van der Waals surface area contributed by atoms with Crippen molar-refractivity contribution in [3.8, 4) is 0 Å². The van der Waals surface area contributed by atoms with Crippen molar-refractivity contribution in [1.82, 2.24) is 0 Å². The molecule has 5 nitrogen and oxygen atoms in total. The van der Waals surface area contributed by atoms with Crippen molar-refractivity contribution in [2.45, 2.75) is 44.2 Å². The number of rotatable bonds is 2. The van der Waals surface area contributed by atoms with Crippen LogP contribution in [0.15, 0.2) is 0 Å². The number of hydrogen-bond acceptors (Lipinski definition) is 5. The van der Waals surface area contributed by atoms with Crippen LogP contribution in [-0.2, 0) is 18.9 Å². The maximum atomic E-state index is 9.08. The van der Waals surface area contributed by atoms with E-state index >= 15 is 0 Å². The van der Waals surface area contributed by atoms with E-state index in [9.17, 15) is 0 Å². The maximum Gasteiger partial charge on any atom is 0.186 e. The van der Waals surface area contributed by atoms with Gasteiger partial charge in [-0.1, -0.05) is 0 Å². The molecule has 1 N–H and O–H groups in total. The fourth-order valence-electron chi connectivity index (χ4n) is 1.98. The molecule has 2 aliphatic rings. The van der Waals surface area contributed by atoms with Gasteiger partial charge in [-0.3, -0.25) is 0 Å². The first-order valence-electron chi connectivity index (χ1n) is 4.72. The molecular formula is C9H16O5. The molecule has 2 saturated heterocycles. The third kappa shape index (κ3) is 1.55. The quantitative estimate of drug-likeness (QED) is 0.679. The van der Waals surface area contributed by atoms with Crippen LogP contribution in [-0.4, -0.2) is 49.2 Å². The Kier molecular flexibility index (Phi) is 2.53. The highest BCUT2D eigenvalue weighted by Crippen LogP contribution is 2.38. The van der Waals surface area contributed by atoms with Crippen LogP contribution in [0.2, 0.25) is 0 Å². The zero-order chi connectivity index (χ0) is 10.3. The Hall–Kier alpha value is -0.200. The molecule has 0 radical (unpaired) electrons. The van der Waals surface area contributed by atoms with Gasteiger partial charge in [-0.15, -0.1) is 0 Å². The zero-order valence-corrected chi connectivity index (χ0v) is 8.60. The molecule has 0 aromatic carbocycles. The van der Waals surface area contributed by atoms with Gasteiger partial charge < -0.3 is 24.1 Å². The minimum absolute atomic E-state index is 0.0829. The zero-order valence-electron chi connectivity index (χ0n) is 8.60. The summed E-state index contributed by atoms with van der Waals surface area (Å²) in [6, 6.07) is 0. The summed E-state index contributed by atoms with van der Waals surface area (Å²) < 4.78 is 21.8. The highest BCUT2D eigenvalue weighted by Gasteiger charge is 2.55. The number of hydrogen-bond donors (Lipinski definition) is 1. The molecule has 0 bridgehead atoms. The van der Waals surface area contributed by atoms with E-state index < -0.39 is 12.1 Å². The normalized spacial score (nSPS) is 45.4. The van der Waals surface area contributed by atoms with Crippen LogP contribution in [0.3, 0.4) is 0 Å². The first-order chi connectivity index (χ1) is 6.57. The van der Waals surface area contributed by atoms with Crippen LogP contribution in [0.1, 0.15) is 13.8 Å². The number of aliphatic hydroxyl groups excluding tert-OH is 1. The van der Waals surface area contributed by atoms with Gasteiger partial charge in [0.2, 0.25) is 0 Å². The van der Waals surface area contributed by atoms with Crippen molar-refractivity contribution < 1.29 is 24.1 Å². The van der Waals surface area contributed by atoms with Crippen LogP contribution in [0.4, 0.5) is 0 Å². The number of aliphatic hydroxyl groups is 1. The summed E-state index contributed by atoms with van der Waals surface area (Å²) in [5, 5.41) is 9.08. The van der Waals surface area contributed by atoms with Gasteiger partial charge in [-0.25, -0.2) is 0 Å². The highest BCUT2D eigenvalue weighted by atomic mass is 16.8. The fraction of sp³-hybridized carbons (Fsp3) is 1.00. The molecule has 0 aliphatic carbocycles. The number of ether oxygens (including phenoxy) is 4. The second-order valence-electron chi connectivity index (χ2n) is 4.03. The Labute approximate surface area is 82.9 Å². The molecule has 0 aromatic rings. The molecule has 2 rings (SSSR count). The van der Waals surface area contributed by atoms with Gasteiger partial charge >= 0.3 is 0 Å². The van der Waals surface area contributed by atoms with Gasteiger partial charge in [-0.05, 0) is 13.8 Å². The van der Waals surface area contributed by atoms with Crippen molar-refractivity contribution in [2.75, 3.05) is 13.7 Å². The Balaban J connectivity index is 2.12. The lowest BCUT2D eigenvalue weighted by atomic mass is 10.1. The maximum absolute atomic E-state index is 9.08. The Morgan fingerprint density at radius 3 is 2.50 bits per heavy atom. The summed E-state index contributed by atoms with van der Waals surface area (Å²) in [7, 11) is 1.55. The van der Waals surface area contributed by atoms with E-state index in [-0.39, 0.29) is 24.9 Å². The van der Waals surface area contributed by atoms with Crippen LogP contribution in [0, 0.1) is 0 Å². The molecule has 5 heteroatoms. The molecule has 82 valence electrons. The molecule has 2 heterocycles. The summed E-state index contributed by atoms with van der Waals surface area (Å²) in [6.45, 7) is 3.60. The van der Waals surface area contributed by atoms with Gasteiger partial charge in [0.25, 0.3) is 0 Å². The average Bonchev–Trinajstić information content (AvgIpc) is 2.57. The predicted molar refractivity (Wildman–Crippen MR) is 46.6 cm³/mol. The molecule has 2 aliphatic heterocycles. The van der Waals surface area contributed by atoms with E-state index in [2.05, 4.69) is 0 Å². The van der Waals surface area contributed by atoms with Gasteiger partial charge in [0.1, 0.15) is 18.3 Å². The summed E-state index contributed by atoms with van der Waals surface area (Å²) in [5.41, 5.74) is 0. The van der Waals surface area contributed by atoms with Crippen molar-refractivity contribution in [2.24, 2.45) is 0 Å². The number of fused-ring (bicyclic) bond motifs is 1. The van der Waals surface area contributed by atoms with Gasteiger partial charge in [-0.2, -0.15) is 0 Å². The molecule has 1 unspecified atom stereocenters. The van der Waals surface area contributed by atoms with Gasteiger partial charge in [0, 0.05) is 7.11 Å². The second-order valence-corrected chi connectivity index (χ2v) is 4.03. The largest absolute Gasteiger partial charge is 0.394 e. The minimum atomic E-state index is -0.622. The first-order valence-corrected chi connectivity index (χ1v) is 4.72. The Bertz CT molecular complexity index is 197. The fourth-order valence-corrected chi connectivity index (χ4v) is 1.98. The van der Waals surface area contributed by atoms with Gasteiger partial charge in [0.15, 0.2) is 12.1 Å². The van der Waals surface area contributed by atoms with Crippen molar-refractivity contribution in [1.29, 1.82) is 0 Å². The van der Waals surface area contributed by atoms with Crippen LogP contribution in [0.25, 0.3) is 0 Å². The van der Waals surface area contributed by atoms with Crippen molar-refractivity contribution in [3.05, 3.63) is 0 Å². The number of methoxy groups -OCH3 is 1. The van der Waals surface area contributed by atoms with Gasteiger partial charge in [0.05, 0.1) is 6.61 Å². The molecule has 14 heavy (non-hydrogen) atoms. The standard InChI is InChI=1S/C9H16O5/c1-9(2)13-6-5(4-10)12-8(11-3)7(6)14-9/h5-8,10H,4H2,1-3H3/t5-,6+,7+,8?/m1/s1. The predicted octanol–water partition coefficient (Wildman–Crippen LogP) is -0.130. The summed E-state index contributed by atoms with van der Waals surface area (Å²) in [4.78, 5) is 0. The smallest absolute Gasteiger partial charge is 0.186 e. The summed E-state index contributed by atoms with van der Waals surface area (Å²) in [6.07, 6.45) is -1.28. The van der Waals surface area contributed by atoms with Crippen LogP contribution in [0.5, 0.6) is 0 Å². The molecular weight excluding hydrogens is 188 g/mol. The third-order valence-corrected chi connectivity index (χ3v) is 2.52. The Morgan fingerprint density at radius 2 is 1.93 bits per heavy atom. The molecule has 0 spiro atoms. The van der Waals surface area contributed by atoms with E-state index in [4.69, 9.17) is 24.1 Å². The molecule has 2 fully saturated rings. The average molecular weight is 204 g/mol. The Morgan fingerprint density at radius 1 is 1.29 bits per heavy atom. The summed E-state index contributed by atoms with van der Waals surface area (Å²) in [5.74, 6) is -0.622. The summed E-state index contributed by atoms with van der Waals surface area (Å²) >= 11 is 0. The molecule has 4 atom stereocenters. The van der Waals surface area contributed by atoms with E-state index in [1.54, 1.807) is 7.11 Å². The highest BCUT2D eigenvalue weighted by molar-refractivity contribution is 4.94. The molecule has 0 aromatic heterocycles. The lowest BCUT2D eigenvalue weighted by molar-refractivity contribution is -0.230. The lowest BCUT2D eigenvalue weighted by Gasteiger charge is -2.22. The second kappa shape index (κ2) is 3.43. The van der Waals surface area contributed by atoms with E-state index in [1.165, 1.54) is 0 Å². The van der Waals surface area contributed by atoms with E-state index in [1.807, 2.05) is 13.8 Å². The van der Waals surface area contributed by atoms with Crippen LogP contribution < -0.4 is 0 Å². The van der Waals surface area contributed by atoms with E-state index in [0.717, 1.165) is 0 Å². The topological polar surface area (TPSA) is 57.2 Å².